The van der Waals surface area contributed by atoms with E-state index in [0.717, 1.165) is 0 Å². The second-order valence-corrected chi connectivity index (χ2v) is 4.99. The van der Waals surface area contributed by atoms with Gasteiger partial charge in [-0.1, -0.05) is 6.08 Å². The smallest absolute Gasteiger partial charge is 0.229 e. The molecule has 1 saturated heterocycles. The minimum absolute atomic E-state index is 0.0859. The van der Waals surface area contributed by atoms with E-state index < -0.39 is 11.9 Å². The highest BCUT2D eigenvalue weighted by Crippen LogP contribution is 2.46. The molecule has 0 bridgehead atoms. The van der Waals surface area contributed by atoms with Crippen LogP contribution in [0, 0.1) is 0 Å². The highest BCUT2D eigenvalue weighted by Gasteiger charge is 2.46. The third kappa shape index (κ3) is 2.27. The van der Waals surface area contributed by atoms with Crippen LogP contribution in [0.3, 0.4) is 0 Å². The van der Waals surface area contributed by atoms with Crippen molar-refractivity contribution in [2.75, 3.05) is 13.2 Å². The zero-order valence-corrected chi connectivity index (χ0v) is 11.2. The van der Waals surface area contributed by atoms with E-state index >= 15 is 0 Å². The van der Waals surface area contributed by atoms with Crippen LogP contribution < -0.4 is 0 Å². The van der Waals surface area contributed by atoms with Crippen LogP contribution in [0.25, 0.3) is 0 Å². The highest BCUT2D eigenvalue weighted by molar-refractivity contribution is 5.49. The molecule has 1 aromatic carbocycles. The molecule has 1 aliphatic heterocycles. The fraction of sp³-hybridized carbons (Fsp3) is 0.333. The van der Waals surface area contributed by atoms with Crippen LogP contribution in [0.15, 0.2) is 41.7 Å². The number of ether oxygens (including phenoxy) is 2. The van der Waals surface area contributed by atoms with Gasteiger partial charge in [0, 0.05) is 6.07 Å². The first kappa shape index (κ1) is 13.9. The minimum Gasteiger partial charge on any atom is -0.508 e. The number of rotatable bonds is 2. The first-order valence-electron chi connectivity index (χ1n) is 6.63. The Morgan fingerprint density at radius 3 is 2.43 bits per heavy atom. The maximum Gasteiger partial charge on any atom is 0.229 e. The van der Waals surface area contributed by atoms with E-state index in [-0.39, 0.29) is 17.3 Å². The van der Waals surface area contributed by atoms with Crippen molar-refractivity contribution in [1.29, 1.82) is 0 Å². The molecular weight excluding hydrogens is 276 g/mol. The number of aliphatic hydroxyl groups excluding tert-OH is 2. The predicted molar refractivity (Wildman–Crippen MR) is 72.8 cm³/mol. The summed E-state index contributed by atoms with van der Waals surface area (Å²) in [5.74, 6) is -1.87. The molecule has 1 aromatic rings. The third-order valence-corrected chi connectivity index (χ3v) is 3.57. The van der Waals surface area contributed by atoms with Crippen LogP contribution in [0.1, 0.15) is 12.0 Å². The quantitative estimate of drug-likeness (QED) is 0.658. The Kier molecular flexibility index (Phi) is 3.36. The molecule has 6 nitrogen and oxygen atoms in total. The lowest BCUT2D eigenvalue weighted by Crippen LogP contribution is -2.32. The second kappa shape index (κ2) is 5.07. The topological polar surface area (TPSA) is 99.4 Å². The molecule has 112 valence electrons. The summed E-state index contributed by atoms with van der Waals surface area (Å²) in [5, 5.41) is 39.2. The average molecular weight is 292 g/mol. The molecule has 1 aliphatic carbocycles. The molecule has 21 heavy (non-hydrogen) atoms. The van der Waals surface area contributed by atoms with Crippen molar-refractivity contribution in [3.8, 4) is 11.5 Å². The fourth-order valence-corrected chi connectivity index (χ4v) is 2.65. The van der Waals surface area contributed by atoms with Crippen LogP contribution >= 0.6 is 0 Å². The Hall–Kier alpha value is -2.02. The molecule has 0 amide bonds. The van der Waals surface area contributed by atoms with E-state index in [1.165, 1.54) is 24.3 Å². The molecule has 0 aromatic heterocycles. The second-order valence-electron chi connectivity index (χ2n) is 4.99. The third-order valence-electron chi connectivity index (χ3n) is 3.57. The highest BCUT2D eigenvalue weighted by atomic mass is 16.7. The van der Waals surface area contributed by atoms with Gasteiger partial charge in [-0.15, -0.1) is 0 Å². The number of phenols is 2. The van der Waals surface area contributed by atoms with Crippen molar-refractivity contribution in [1.82, 2.24) is 0 Å². The zero-order chi connectivity index (χ0) is 15.0. The maximum atomic E-state index is 10.1. The van der Waals surface area contributed by atoms with E-state index in [0.29, 0.717) is 30.8 Å². The summed E-state index contributed by atoms with van der Waals surface area (Å²) < 4.78 is 11.4. The van der Waals surface area contributed by atoms with Crippen molar-refractivity contribution in [3.63, 3.8) is 0 Å². The molecule has 1 heterocycles. The van der Waals surface area contributed by atoms with Gasteiger partial charge in [-0.05, 0) is 24.6 Å². The van der Waals surface area contributed by atoms with Crippen molar-refractivity contribution >= 4 is 0 Å². The van der Waals surface area contributed by atoms with Crippen molar-refractivity contribution in [3.05, 3.63) is 47.2 Å². The Balaban J connectivity index is 2.11. The predicted octanol–water partition coefficient (Wildman–Crippen LogP) is 1.43. The Morgan fingerprint density at radius 2 is 1.81 bits per heavy atom. The molecular formula is C15H16O6. The molecule has 0 spiro atoms. The average Bonchev–Trinajstić information content (AvgIpc) is 2.88. The van der Waals surface area contributed by atoms with E-state index in [9.17, 15) is 20.4 Å². The van der Waals surface area contributed by atoms with Gasteiger partial charge in [0.05, 0.1) is 30.5 Å². The maximum absolute atomic E-state index is 10.1. The van der Waals surface area contributed by atoms with Crippen LogP contribution in [0.2, 0.25) is 0 Å². The lowest BCUT2D eigenvalue weighted by molar-refractivity contribution is -0.135. The monoisotopic (exact) mass is 292 g/mol. The molecule has 3 rings (SSSR count). The Bertz CT molecular complexity index is 613. The molecule has 0 saturated carbocycles. The fourth-order valence-electron chi connectivity index (χ4n) is 2.65. The van der Waals surface area contributed by atoms with Gasteiger partial charge in [0.2, 0.25) is 5.79 Å². The van der Waals surface area contributed by atoms with Crippen LogP contribution in [0.4, 0.5) is 0 Å². The van der Waals surface area contributed by atoms with Gasteiger partial charge in [0.15, 0.2) is 0 Å². The number of benzene rings is 1. The largest absolute Gasteiger partial charge is 0.508 e. The molecule has 0 radical (unpaired) electrons. The van der Waals surface area contributed by atoms with E-state index in [1.54, 1.807) is 6.08 Å². The SMILES string of the molecule is OC1=CC(O)CC=C1C1(c2ccc(O)cc2O)OCCO1. The van der Waals surface area contributed by atoms with Gasteiger partial charge >= 0.3 is 0 Å². The number of hydrogen-bond acceptors (Lipinski definition) is 6. The summed E-state index contributed by atoms with van der Waals surface area (Å²) in [6.45, 7) is 0.598. The molecule has 1 unspecified atom stereocenters. The molecule has 4 N–H and O–H groups in total. The summed E-state index contributed by atoms with van der Waals surface area (Å²) in [7, 11) is 0. The standard InChI is InChI=1S/C15H16O6/c16-9-1-3-11(13(18)7-9)15(20-5-6-21-15)12-4-2-10(17)8-14(12)19/h1,3-4,7-8,10,16-19H,2,5-6H2. The van der Waals surface area contributed by atoms with Crippen molar-refractivity contribution in [2.24, 2.45) is 0 Å². The van der Waals surface area contributed by atoms with Gasteiger partial charge in [-0.2, -0.15) is 0 Å². The normalized spacial score (nSPS) is 24.5. The van der Waals surface area contributed by atoms with Crippen LogP contribution in [-0.2, 0) is 15.3 Å². The van der Waals surface area contributed by atoms with Crippen molar-refractivity contribution in [2.45, 2.75) is 18.3 Å². The molecule has 2 aliphatic rings. The Labute approximate surface area is 121 Å². The summed E-state index contributed by atoms with van der Waals surface area (Å²) >= 11 is 0. The summed E-state index contributed by atoms with van der Waals surface area (Å²) in [5.41, 5.74) is 0.631. The number of aliphatic hydroxyl groups is 2. The van der Waals surface area contributed by atoms with Gasteiger partial charge in [-0.25, -0.2) is 0 Å². The van der Waals surface area contributed by atoms with Crippen molar-refractivity contribution < 1.29 is 29.9 Å². The summed E-state index contributed by atoms with van der Waals surface area (Å²) in [6, 6.07) is 4.07. The lowest BCUT2D eigenvalue weighted by atomic mass is 9.90. The van der Waals surface area contributed by atoms with Gasteiger partial charge < -0.3 is 29.9 Å². The van der Waals surface area contributed by atoms with E-state index in [2.05, 4.69) is 0 Å². The lowest BCUT2D eigenvalue weighted by Gasteiger charge is -2.32. The Morgan fingerprint density at radius 1 is 1.10 bits per heavy atom. The van der Waals surface area contributed by atoms with Gasteiger partial charge in [-0.3, -0.25) is 0 Å². The van der Waals surface area contributed by atoms with Gasteiger partial charge in [0.25, 0.3) is 0 Å². The summed E-state index contributed by atoms with van der Waals surface area (Å²) in [6.07, 6.45) is 2.48. The molecule has 6 heteroatoms. The minimum atomic E-state index is -1.43. The number of hydrogen-bond donors (Lipinski definition) is 4. The van der Waals surface area contributed by atoms with Crippen LogP contribution in [0.5, 0.6) is 11.5 Å². The summed E-state index contributed by atoms with van der Waals surface area (Å²) in [4.78, 5) is 0. The number of aromatic hydroxyl groups is 2. The first-order valence-corrected chi connectivity index (χ1v) is 6.63. The van der Waals surface area contributed by atoms with E-state index in [4.69, 9.17) is 9.47 Å². The first-order chi connectivity index (χ1) is 10.0. The molecule has 1 fully saturated rings. The van der Waals surface area contributed by atoms with Crippen LogP contribution in [-0.4, -0.2) is 39.7 Å². The van der Waals surface area contributed by atoms with E-state index in [1.807, 2.05) is 0 Å². The number of phenolic OH excluding ortho intramolecular Hbond substituents is 2. The zero-order valence-electron chi connectivity index (χ0n) is 11.2. The van der Waals surface area contributed by atoms with Gasteiger partial charge in [0.1, 0.15) is 17.3 Å². The molecule has 1 atom stereocenters.